The Hall–Kier alpha value is -2.47. The van der Waals surface area contributed by atoms with E-state index in [1.54, 1.807) is 0 Å². The van der Waals surface area contributed by atoms with Crippen LogP contribution in [0.2, 0.25) is 0 Å². The number of anilines is 1. The molecule has 2 saturated heterocycles. The highest BCUT2D eigenvalue weighted by Gasteiger charge is 2.35. The zero-order valence-corrected chi connectivity index (χ0v) is 17.8. The summed E-state index contributed by atoms with van der Waals surface area (Å²) in [5.74, 6) is -1.05. The normalized spacial score (nSPS) is 22.3. The number of nitrogens with zero attached hydrogens (tertiary/aromatic N) is 2. The Balaban J connectivity index is 1.23. The van der Waals surface area contributed by atoms with E-state index in [0.717, 1.165) is 44.5 Å². The molecule has 164 valence electrons. The number of hydrogen-bond acceptors (Lipinski definition) is 4. The van der Waals surface area contributed by atoms with E-state index >= 15 is 0 Å². The molecule has 2 heterocycles. The van der Waals surface area contributed by atoms with Crippen LogP contribution < -0.4 is 4.90 Å². The van der Waals surface area contributed by atoms with E-state index < -0.39 is 11.6 Å². The summed E-state index contributed by atoms with van der Waals surface area (Å²) in [4.78, 5) is 16.5. The van der Waals surface area contributed by atoms with Crippen LogP contribution in [0.5, 0.6) is 0 Å². The summed E-state index contributed by atoms with van der Waals surface area (Å²) >= 11 is 0. The molecule has 2 aromatic rings. The number of esters is 1. The summed E-state index contributed by atoms with van der Waals surface area (Å²) < 4.78 is 33.0. The lowest BCUT2D eigenvalue weighted by Crippen LogP contribution is -2.45. The van der Waals surface area contributed by atoms with Gasteiger partial charge in [-0.3, -0.25) is 9.69 Å². The molecule has 0 amide bonds. The van der Waals surface area contributed by atoms with Crippen molar-refractivity contribution in [2.45, 2.75) is 37.6 Å². The number of carbonyl (C=O) groups excluding carboxylic acids is 1. The molecule has 3 aliphatic rings. The highest BCUT2D eigenvalue weighted by Crippen LogP contribution is 2.41. The molecular weight excluding hydrogens is 398 g/mol. The van der Waals surface area contributed by atoms with E-state index in [4.69, 9.17) is 4.74 Å². The number of hydrogen-bond donors (Lipinski definition) is 0. The number of ether oxygens (including phenoxy) is 1. The van der Waals surface area contributed by atoms with Crippen molar-refractivity contribution < 1.29 is 18.3 Å². The summed E-state index contributed by atoms with van der Waals surface area (Å²) in [6, 6.07) is 11.1. The molecule has 6 heteroatoms. The molecule has 1 atom stereocenters. The molecule has 2 aromatic carbocycles. The molecular formula is C25H28F2N2O2. The number of methoxy groups -OCH3 is 1. The number of halogens is 2. The summed E-state index contributed by atoms with van der Waals surface area (Å²) in [6.07, 6.45) is 3.87. The minimum absolute atomic E-state index is 0.0307. The lowest BCUT2D eigenvalue weighted by atomic mass is 9.89. The molecule has 0 aromatic heterocycles. The van der Waals surface area contributed by atoms with Crippen LogP contribution in [-0.2, 0) is 16.0 Å². The van der Waals surface area contributed by atoms with E-state index in [1.807, 2.05) is 0 Å². The molecule has 0 bridgehead atoms. The van der Waals surface area contributed by atoms with Gasteiger partial charge in [0.25, 0.3) is 0 Å². The predicted octanol–water partition coefficient (Wildman–Crippen LogP) is 4.44. The van der Waals surface area contributed by atoms with E-state index in [9.17, 15) is 13.6 Å². The second-order valence-electron chi connectivity index (χ2n) is 9.01. The number of aryl methyl sites for hydroxylation is 1. The average molecular weight is 427 g/mol. The Bertz CT molecular complexity index is 961. The van der Waals surface area contributed by atoms with E-state index in [2.05, 4.69) is 28.0 Å². The fourth-order valence-corrected chi connectivity index (χ4v) is 5.54. The lowest BCUT2D eigenvalue weighted by molar-refractivity contribution is -0.147. The number of likely N-dealkylation sites (tertiary alicyclic amines) is 1. The third-order valence-electron chi connectivity index (χ3n) is 7.33. The molecule has 0 saturated carbocycles. The van der Waals surface area contributed by atoms with Crippen LogP contribution in [-0.4, -0.2) is 44.2 Å². The number of rotatable bonds is 4. The summed E-state index contributed by atoms with van der Waals surface area (Å²) in [5.41, 5.74) is 4.11. The van der Waals surface area contributed by atoms with Crippen molar-refractivity contribution in [3.05, 3.63) is 64.7 Å². The van der Waals surface area contributed by atoms with Crippen LogP contribution in [0.3, 0.4) is 0 Å². The average Bonchev–Trinajstić information content (AvgIpc) is 3.17. The molecule has 0 radical (unpaired) electrons. The Morgan fingerprint density at radius 2 is 1.74 bits per heavy atom. The fraction of sp³-hybridized carbons (Fsp3) is 0.480. The molecule has 2 fully saturated rings. The van der Waals surface area contributed by atoms with Crippen molar-refractivity contribution in [2.24, 2.45) is 5.92 Å². The fourth-order valence-electron chi connectivity index (χ4n) is 5.54. The number of piperidine rings is 1. The molecule has 5 rings (SSSR count). The molecule has 1 aliphatic carbocycles. The molecule has 1 unspecified atom stereocenters. The van der Waals surface area contributed by atoms with Gasteiger partial charge in [0, 0.05) is 36.3 Å². The van der Waals surface area contributed by atoms with E-state index in [0.29, 0.717) is 19.1 Å². The zero-order chi connectivity index (χ0) is 21.5. The first-order valence-electron chi connectivity index (χ1n) is 11.2. The molecule has 0 spiro atoms. The number of fused-ring (bicyclic) bond motifs is 1. The third kappa shape index (κ3) is 3.71. The summed E-state index contributed by atoms with van der Waals surface area (Å²) in [5, 5.41) is 0. The van der Waals surface area contributed by atoms with Crippen molar-refractivity contribution in [1.29, 1.82) is 0 Å². The molecule has 2 aliphatic heterocycles. The first-order chi connectivity index (χ1) is 15.0. The second-order valence-corrected chi connectivity index (χ2v) is 9.01. The number of carbonyl (C=O) groups is 1. The van der Waals surface area contributed by atoms with Gasteiger partial charge in [0.05, 0.1) is 13.0 Å². The van der Waals surface area contributed by atoms with Crippen molar-refractivity contribution in [3.63, 3.8) is 0 Å². The molecule has 31 heavy (non-hydrogen) atoms. The van der Waals surface area contributed by atoms with Gasteiger partial charge in [0.2, 0.25) is 0 Å². The maximum atomic E-state index is 14.1. The van der Waals surface area contributed by atoms with Crippen molar-refractivity contribution in [3.8, 4) is 0 Å². The van der Waals surface area contributed by atoms with Crippen LogP contribution in [0.15, 0.2) is 36.4 Å². The minimum atomic E-state index is -0.447. The van der Waals surface area contributed by atoms with E-state index in [1.165, 1.54) is 36.4 Å². The Labute approximate surface area is 181 Å². The third-order valence-corrected chi connectivity index (χ3v) is 7.33. The number of benzene rings is 2. The van der Waals surface area contributed by atoms with Gasteiger partial charge in [0.1, 0.15) is 11.6 Å². The Kier molecular flexibility index (Phi) is 5.42. The lowest BCUT2D eigenvalue weighted by Gasteiger charge is -2.42. The first kappa shape index (κ1) is 20.4. The van der Waals surface area contributed by atoms with Gasteiger partial charge in [-0.1, -0.05) is 12.1 Å². The van der Waals surface area contributed by atoms with Crippen LogP contribution >= 0.6 is 0 Å². The highest BCUT2D eigenvalue weighted by atomic mass is 19.1. The van der Waals surface area contributed by atoms with Gasteiger partial charge < -0.3 is 9.64 Å². The maximum absolute atomic E-state index is 14.1. The minimum Gasteiger partial charge on any atom is -0.469 e. The zero-order valence-electron chi connectivity index (χ0n) is 17.8. The van der Waals surface area contributed by atoms with Crippen molar-refractivity contribution in [2.75, 3.05) is 38.2 Å². The van der Waals surface area contributed by atoms with Gasteiger partial charge in [-0.2, -0.15) is 0 Å². The summed E-state index contributed by atoms with van der Waals surface area (Å²) in [6.45, 7) is 3.13. The topological polar surface area (TPSA) is 32.8 Å². The quantitative estimate of drug-likeness (QED) is 0.677. The summed E-state index contributed by atoms with van der Waals surface area (Å²) in [7, 11) is 1.46. The Morgan fingerprint density at radius 1 is 1.03 bits per heavy atom. The van der Waals surface area contributed by atoms with Gasteiger partial charge >= 0.3 is 5.97 Å². The standard InChI is InChI=1S/C25H28F2N2O2/c1-31-25(30)16-9-11-28(12-10-16)23-8-5-17-13-19(6-7-20(17)23)29-14-18(15-29)24-21(26)3-2-4-22(24)27/h2-4,6-7,13,16,18,23H,5,8-12,14-15H2,1H3. The first-order valence-corrected chi connectivity index (χ1v) is 11.2. The maximum Gasteiger partial charge on any atom is 0.308 e. The second kappa shape index (κ2) is 8.23. The van der Waals surface area contributed by atoms with Gasteiger partial charge in [-0.15, -0.1) is 0 Å². The predicted molar refractivity (Wildman–Crippen MR) is 115 cm³/mol. The largest absolute Gasteiger partial charge is 0.469 e. The van der Waals surface area contributed by atoms with Crippen LogP contribution in [0.25, 0.3) is 0 Å². The van der Waals surface area contributed by atoms with E-state index in [-0.39, 0.29) is 23.4 Å². The van der Waals surface area contributed by atoms with Gasteiger partial charge in [-0.25, -0.2) is 8.78 Å². The van der Waals surface area contributed by atoms with Crippen LogP contribution in [0, 0.1) is 17.6 Å². The van der Waals surface area contributed by atoms with Gasteiger partial charge in [-0.05, 0) is 74.2 Å². The van der Waals surface area contributed by atoms with Gasteiger partial charge in [0.15, 0.2) is 0 Å². The SMILES string of the molecule is COC(=O)C1CCN(C2CCc3cc(N4CC(c5c(F)cccc5F)C4)ccc32)CC1. The molecule has 4 nitrogen and oxygen atoms in total. The smallest absolute Gasteiger partial charge is 0.308 e. The highest BCUT2D eigenvalue weighted by molar-refractivity contribution is 5.72. The molecule has 0 N–H and O–H groups in total. The monoisotopic (exact) mass is 426 g/mol. The van der Waals surface area contributed by atoms with Crippen LogP contribution in [0.1, 0.15) is 47.9 Å². The Morgan fingerprint density at radius 3 is 2.42 bits per heavy atom. The van der Waals surface area contributed by atoms with Crippen molar-refractivity contribution in [1.82, 2.24) is 4.90 Å². The van der Waals surface area contributed by atoms with Crippen molar-refractivity contribution >= 4 is 11.7 Å². The van der Waals surface area contributed by atoms with Crippen LogP contribution in [0.4, 0.5) is 14.5 Å².